The van der Waals surface area contributed by atoms with Gasteiger partial charge in [-0.15, -0.1) is 0 Å². The maximum absolute atomic E-state index is 13.4. The van der Waals surface area contributed by atoms with Gasteiger partial charge in [0, 0.05) is 17.2 Å². The van der Waals surface area contributed by atoms with Crippen LogP contribution in [0.15, 0.2) is 24.3 Å². The van der Waals surface area contributed by atoms with E-state index in [4.69, 9.17) is 0 Å². The smallest absolute Gasteiger partial charge is 0.271 e. The molecule has 114 valence electrons. The number of hydrogen-bond acceptors (Lipinski definition) is 2. The van der Waals surface area contributed by atoms with Crippen molar-refractivity contribution in [3.63, 3.8) is 0 Å². The van der Waals surface area contributed by atoms with Gasteiger partial charge in [0.2, 0.25) is 0 Å². The van der Waals surface area contributed by atoms with Gasteiger partial charge in [-0.1, -0.05) is 12.8 Å². The lowest BCUT2D eigenvalue weighted by atomic mass is 9.92. The first-order valence-corrected chi connectivity index (χ1v) is 6.78. The average Bonchev–Trinajstić information content (AvgIpc) is 2.43. The molecule has 1 fully saturated rings. The van der Waals surface area contributed by atoms with Crippen molar-refractivity contribution < 1.29 is 23.1 Å². The van der Waals surface area contributed by atoms with E-state index in [-0.39, 0.29) is 17.2 Å². The zero-order valence-corrected chi connectivity index (χ0v) is 11.3. The largest absolute Gasteiger partial charge is 0.391 e. The second kappa shape index (κ2) is 6.76. The van der Waals surface area contributed by atoms with Gasteiger partial charge in [0.05, 0.1) is 12.1 Å². The minimum atomic E-state index is -2.03. The number of aliphatic hydroxyl groups excluding tert-OH is 1. The first kappa shape index (κ1) is 15.6. The minimum Gasteiger partial charge on any atom is -0.391 e. The highest BCUT2D eigenvalue weighted by atomic mass is 19.3. The van der Waals surface area contributed by atoms with Crippen LogP contribution < -0.4 is 5.32 Å². The van der Waals surface area contributed by atoms with Crippen LogP contribution in [0.2, 0.25) is 0 Å². The molecule has 1 aliphatic rings. The summed E-state index contributed by atoms with van der Waals surface area (Å²) in [4.78, 5) is 12.1. The van der Waals surface area contributed by atoms with Gasteiger partial charge in [-0.2, -0.15) is 8.78 Å². The third-order valence-corrected chi connectivity index (χ3v) is 3.57. The Morgan fingerprint density at radius 1 is 1.29 bits per heavy atom. The zero-order valence-electron chi connectivity index (χ0n) is 11.3. The van der Waals surface area contributed by atoms with Gasteiger partial charge in [0.15, 0.2) is 0 Å². The van der Waals surface area contributed by atoms with E-state index >= 15 is 0 Å². The zero-order chi connectivity index (χ0) is 15.4. The third kappa shape index (κ3) is 4.07. The molecule has 0 bridgehead atoms. The quantitative estimate of drug-likeness (QED) is 0.901. The Kier molecular flexibility index (Phi) is 5.01. The van der Waals surface area contributed by atoms with Gasteiger partial charge >= 0.3 is 0 Å². The number of amides is 1. The summed E-state index contributed by atoms with van der Waals surface area (Å²) >= 11 is 0. The molecule has 1 amide bonds. The van der Waals surface area contributed by atoms with Crippen LogP contribution in [0, 0.1) is 5.82 Å². The highest BCUT2D eigenvalue weighted by Gasteiger charge is 2.25. The predicted octanol–water partition coefficient (Wildman–Crippen LogP) is 3.10. The lowest BCUT2D eigenvalue weighted by molar-refractivity contribution is 0.0717. The number of hydrogen-bond donors (Lipinski definition) is 2. The monoisotopic (exact) mass is 299 g/mol. The van der Waals surface area contributed by atoms with E-state index in [1.54, 1.807) is 0 Å². The molecular formula is C15H16F3NO2. The lowest BCUT2D eigenvalue weighted by Gasteiger charge is -2.28. The van der Waals surface area contributed by atoms with Crippen LogP contribution in [0.4, 0.5) is 13.2 Å². The van der Waals surface area contributed by atoms with Crippen molar-refractivity contribution in [2.24, 2.45) is 0 Å². The molecule has 0 unspecified atom stereocenters. The van der Waals surface area contributed by atoms with Crippen LogP contribution in [0.5, 0.6) is 0 Å². The first-order chi connectivity index (χ1) is 9.97. The first-order valence-electron chi connectivity index (χ1n) is 6.78. The number of carbonyl (C=O) groups excluding carboxylic acids is 1. The number of aliphatic hydroxyl groups is 1. The van der Waals surface area contributed by atoms with Crippen LogP contribution in [0.1, 0.15) is 41.6 Å². The molecule has 1 aromatic carbocycles. The summed E-state index contributed by atoms with van der Waals surface area (Å²) in [5.41, 5.74) is -0.256. The van der Waals surface area contributed by atoms with Crippen LogP contribution in [0.25, 0.3) is 6.08 Å². The Morgan fingerprint density at radius 2 is 2.00 bits per heavy atom. The van der Waals surface area contributed by atoms with Gasteiger partial charge in [-0.05, 0) is 31.0 Å². The molecule has 0 aromatic heterocycles. The Labute approximate surface area is 120 Å². The topological polar surface area (TPSA) is 49.3 Å². The standard InChI is InChI=1S/C15H16F3NO2/c16-11-6-5-9(7-10(11)8-14(17)18)15(21)19-12-3-1-2-4-13(12)20/h5-8,12-13,20H,1-4H2,(H,19,21)/t12-,13-/m0/s1. The van der Waals surface area contributed by atoms with Crippen LogP contribution in [-0.2, 0) is 0 Å². The van der Waals surface area contributed by atoms with E-state index in [2.05, 4.69) is 5.32 Å². The Morgan fingerprint density at radius 3 is 2.67 bits per heavy atom. The lowest BCUT2D eigenvalue weighted by Crippen LogP contribution is -2.45. The van der Waals surface area contributed by atoms with Crippen LogP contribution in [0.3, 0.4) is 0 Å². The van der Waals surface area contributed by atoms with E-state index in [9.17, 15) is 23.1 Å². The molecule has 0 aliphatic heterocycles. The molecular weight excluding hydrogens is 283 g/mol. The third-order valence-electron chi connectivity index (χ3n) is 3.57. The summed E-state index contributed by atoms with van der Waals surface area (Å²) in [6.45, 7) is 0. The molecule has 6 heteroatoms. The van der Waals surface area contributed by atoms with Crippen LogP contribution in [-0.4, -0.2) is 23.2 Å². The summed E-state index contributed by atoms with van der Waals surface area (Å²) in [5.74, 6) is -1.33. The van der Waals surface area contributed by atoms with Gasteiger partial charge in [0.1, 0.15) is 5.82 Å². The SMILES string of the molecule is O=C(N[C@H]1CCCC[C@@H]1O)c1ccc(F)c(C=C(F)F)c1. The molecule has 1 aliphatic carbocycles. The fourth-order valence-corrected chi connectivity index (χ4v) is 2.44. The normalized spacial score (nSPS) is 21.7. The van der Waals surface area contributed by atoms with E-state index < -0.39 is 23.9 Å². The van der Waals surface area contributed by atoms with Crippen molar-refractivity contribution in [1.82, 2.24) is 5.32 Å². The van der Waals surface area contributed by atoms with Crippen molar-refractivity contribution in [1.29, 1.82) is 0 Å². The average molecular weight is 299 g/mol. The predicted molar refractivity (Wildman–Crippen MR) is 72.3 cm³/mol. The van der Waals surface area contributed by atoms with E-state index in [1.807, 2.05) is 0 Å². The molecule has 2 N–H and O–H groups in total. The molecule has 21 heavy (non-hydrogen) atoms. The number of rotatable bonds is 3. The molecule has 3 nitrogen and oxygen atoms in total. The highest BCUT2D eigenvalue weighted by molar-refractivity contribution is 5.95. The van der Waals surface area contributed by atoms with Gasteiger partial charge in [-0.3, -0.25) is 4.79 Å². The Hall–Kier alpha value is -1.82. The van der Waals surface area contributed by atoms with Crippen molar-refractivity contribution in [3.8, 4) is 0 Å². The van der Waals surface area contributed by atoms with Gasteiger partial charge < -0.3 is 10.4 Å². The Bertz CT molecular complexity index is 556. The summed E-state index contributed by atoms with van der Waals surface area (Å²) < 4.78 is 37.8. The second-order valence-electron chi connectivity index (χ2n) is 5.10. The fourth-order valence-electron chi connectivity index (χ4n) is 2.44. The molecule has 0 saturated heterocycles. The molecule has 2 atom stereocenters. The number of benzene rings is 1. The number of halogens is 3. The molecule has 2 rings (SSSR count). The summed E-state index contributed by atoms with van der Waals surface area (Å²) in [6.07, 6.45) is 0.845. The number of carbonyl (C=O) groups is 1. The number of nitrogens with one attached hydrogen (secondary N) is 1. The highest BCUT2D eigenvalue weighted by Crippen LogP contribution is 2.20. The summed E-state index contributed by atoms with van der Waals surface area (Å²) in [5, 5.41) is 12.5. The van der Waals surface area contributed by atoms with E-state index in [0.717, 1.165) is 25.0 Å². The van der Waals surface area contributed by atoms with Crippen molar-refractivity contribution in [2.45, 2.75) is 37.8 Å². The molecule has 1 aromatic rings. The molecule has 0 radical (unpaired) electrons. The van der Waals surface area contributed by atoms with Gasteiger partial charge in [0.25, 0.3) is 12.0 Å². The fraction of sp³-hybridized carbons (Fsp3) is 0.400. The van der Waals surface area contributed by atoms with Crippen molar-refractivity contribution >= 4 is 12.0 Å². The van der Waals surface area contributed by atoms with Crippen LogP contribution >= 0.6 is 0 Å². The van der Waals surface area contributed by atoms with Gasteiger partial charge in [-0.25, -0.2) is 4.39 Å². The molecule has 0 heterocycles. The Balaban J connectivity index is 2.14. The minimum absolute atomic E-state index is 0.0849. The van der Waals surface area contributed by atoms with Crippen molar-refractivity contribution in [3.05, 3.63) is 41.2 Å². The van der Waals surface area contributed by atoms with E-state index in [0.29, 0.717) is 18.9 Å². The molecule has 0 spiro atoms. The van der Waals surface area contributed by atoms with Crippen molar-refractivity contribution in [2.75, 3.05) is 0 Å². The molecule has 1 saturated carbocycles. The maximum Gasteiger partial charge on any atom is 0.271 e. The summed E-state index contributed by atoms with van der Waals surface area (Å²) in [7, 11) is 0. The summed E-state index contributed by atoms with van der Waals surface area (Å²) in [6, 6.07) is 2.92. The second-order valence-corrected chi connectivity index (χ2v) is 5.10. The van der Waals surface area contributed by atoms with E-state index in [1.165, 1.54) is 6.07 Å². The maximum atomic E-state index is 13.4.